The van der Waals surface area contributed by atoms with Crippen molar-refractivity contribution < 1.29 is 9.15 Å². The fraction of sp³-hybridized carbons (Fsp3) is 0.667. The molecule has 2 aliphatic rings. The third kappa shape index (κ3) is 5.02. The van der Waals surface area contributed by atoms with Crippen molar-refractivity contribution in [1.29, 1.82) is 0 Å². The zero-order chi connectivity index (χ0) is 20.7. The van der Waals surface area contributed by atoms with Crippen molar-refractivity contribution in [2.75, 3.05) is 39.4 Å². The summed E-state index contributed by atoms with van der Waals surface area (Å²) in [6.07, 6.45) is 8.00. The Morgan fingerprint density at radius 1 is 1.23 bits per heavy atom. The van der Waals surface area contributed by atoms with Gasteiger partial charge in [-0.1, -0.05) is 19.3 Å². The molecule has 164 valence electrons. The highest BCUT2D eigenvalue weighted by molar-refractivity contribution is 5.79. The summed E-state index contributed by atoms with van der Waals surface area (Å²) in [5.74, 6) is 2.72. The maximum atomic E-state index is 5.59. The molecule has 1 saturated heterocycles. The summed E-state index contributed by atoms with van der Waals surface area (Å²) in [6, 6.07) is 3.67. The van der Waals surface area contributed by atoms with E-state index in [0.29, 0.717) is 24.0 Å². The number of hydrogen-bond acceptors (Lipinski definition) is 6. The molecule has 0 atom stereocenters. The molecule has 9 nitrogen and oxygen atoms in total. The molecule has 9 heteroatoms. The van der Waals surface area contributed by atoms with Crippen LogP contribution < -0.4 is 10.6 Å². The molecule has 1 aliphatic heterocycles. The zero-order valence-corrected chi connectivity index (χ0v) is 17.8. The summed E-state index contributed by atoms with van der Waals surface area (Å²) in [5, 5.41) is 14.1. The van der Waals surface area contributed by atoms with Gasteiger partial charge in [0.1, 0.15) is 12.4 Å². The Hall–Kier alpha value is -2.39. The third-order valence-electron chi connectivity index (χ3n) is 6.06. The second-order valence-corrected chi connectivity index (χ2v) is 8.02. The van der Waals surface area contributed by atoms with Crippen molar-refractivity contribution in [3.05, 3.63) is 24.2 Å². The van der Waals surface area contributed by atoms with E-state index in [1.165, 1.54) is 32.1 Å². The molecule has 1 saturated carbocycles. The first-order chi connectivity index (χ1) is 14.8. The van der Waals surface area contributed by atoms with Crippen LogP contribution in [0.4, 0.5) is 0 Å². The lowest BCUT2D eigenvalue weighted by Gasteiger charge is -2.48. The van der Waals surface area contributed by atoms with Crippen molar-refractivity contribution in [1.82, 2.24) is 30.7 Å². The molecule has 0 bridgehead atoms. The van der Waals surface area contributed by atoms with E-state index in [1.54, 1.807) is 6.26 Å². The number of nitrogens with one attached hydrogen (secondary N) is 3. The van der Waals surface area contributed by atoms with Gasteiger partial charge in [0.15, 0.2) is 11.7 Å². The molecular formula is C21H33N7O2. The number of aromatic amines is 1. The summed E-state index contributed by atoms with van der Waals surface area (Å²) in [4.78, 5) is 11.8. The number of hydrogen-bond donors (Lipinski definition) is 3. The fourth-order valence-electron chi connectivity index (χ4n) is 4.48. The van der Waals surface area contributed by atoms with Crippen LogP contribution >= 0.6 is 0 Å². The van der Waals surface area contributed by atoms with E-state index in [2.05, 4.69) is 37.6 Å². The second-order valence-electron chi connectivity index (χ2n) is 8.02. The van der Waals surface area contributed by atoms with Gasteiger partial charge in [0.25, 0.3) is 0 Å². The van der Waals surface area contributed by atoms with Crippen molar-refractivity contribution in [2.24, 2.45) is 4.99 Å². The third-order valence-corrected chi connectivity index (χ3v) is 6.06. The fourth-order valence-corrected chi connectivity index (χ4v) is 4.48. The Bertz CT molecular complexity index is 790. The van der Waals surface area contributed by atoms with Crippen LogP contribution in [0.1, 0.15) is 44.9 Å². The maximum Gasteiger partial charge on any atom is 0.216 e. The second kappa shape index (κ2) is 10.1. The number of morpholine rings is 1. The summed E-state index contributed by atoms with van der Waals surface area (Å²) in [6.45, 7) is 7.91. The van der Waals surface area contributed by atoms with Gasteiger partial charge in [0.2, 0.25) is 5.82 Å². The normalized spacial score (nSPS) is 20.2. The Kier molecular flexibility index (Phi) is 7.01. The molecular weight excluding hydrogens is 382 g/mol. The summed E-state index contributed by atoms with van der Waals surface area (Å²) in [7, 11) is 0. The Labute approximate surface area is 177 Å². The summed E-state index contributed by atoms with van der Waals surface area (Å²) < 4.78 is 10.9. The van der Waals surface area contributed by atoms with Crippen LogP contribution in [0.25, 0.3) is 11.6 Å². The zero-order valence-electron chi connectivity index (χ0n) is 17.8. The molecule has 0 aromatic carbocycles. The monoisotopic (exact) mass is 415 g/mol. The van der Waals surface area contributed by atoms with Gasteiger partial charge in [-0.2, -0.15) is 0 Å². The largest absolute Gasteiger partial charge is 0.461 e. The number of ether oxygens (including phenoxy) is 1. The van der Waals surface area contributed by atoms with Crippen LogP contribution in [0.2, 0.25) is 0 Å². The summed E-state index contributed by atoms with van der Waals surface area (Å²) >= 11 is 0. The molecule has 0 radical (unpaired) electrons. The number of nitrogens with zero attached hydrogens (tertiary/aromatic N) is 4. The van der Waals surface area contributed by atoms with E-state index >= 15 is 0 Å². The van der Waals surface area contributed by atoms with Gasteiger partial charge in [-0.05, 0) is 31.9 Å². The predicted molar refractivity (Wildman–Crippen MR) is 115 cm³/mol. The molecule has 3 heterocycles. The lowest BCUT2D eigenvalue weighted by Crippen LogP contribution is -2.60. The maximum absolute atomic E-state index is 5.59. The van der Waals surface area contributed by atoms with Gasteiger partial charge in [-0.25, -0.2) is 9.98 Å². The van der Waals surface area contributed by atoms with Gasteiger partial charge < -0.3 is 19.8 Å². The first-order valence-corrected chi connectivity index (χ1v) is 11.1. The van der Waals surface area contributed by atoms with E-state index in [0.717, 1.165) is 45.4 Å². The minimum atomic E-state index is 0.191. The molecule has 0 spiro atoms. The topological polar surface area (TPSA) is 104 Å². The van der Waals surface area contributed by atoms with Crippen molar-refractivity contribution >= 4 is 5.96 Å². The first-order valence-electron chi connectivity index (χ1n) is 11.1. The molecule has 2 fully saturated rings. The van der Waals surface area contributed by atoms with Gasteiger partial charge >= 0.3 is 0 Å². The highest BCUT2D eigenvalue weighted by Gasteiger charge is 2.38. The number of rotatable bonds is 7. The van der Waals surface area contributed by atoms with Crippen molar-refractivity contribution in [2.45, 2.75) is 51.1 Å². The van der Waals surface area contributed by atoms with Gasteiger partial charge in [-0.3, -0.25) is 10.00 Å². The van der Waals surface area contributed by atoms with E-state index < -0.39 is 0 Å². The molecule has 0 unspecified atom stereocenters. The Morgan fingerprint density at radius 3 is 2.80 bits per heavy atom. The average Bonchev–Trinajstić information content (AvgIpc) is 3.49. The molecule has 3 N–H and O–H groups in total. The molecule has 30 heavy (non-hydrogen) atoms. The van der Waals surface area contributed by atoms with Crippen molar-refractivity contribution in [3.8, 4) is 11.6 Å². The van der Waals surface area contributed by atoms with E-state index in [4.69, 9.17) is 14.1 Å². The standard InChI is InChI=1S/C21H33N7O2/c1-2-22-20(23-15-18-25-19(27-26-18)17-7-6-12-30-17)24-16-21(8-4-3-5-9-21)28-10-13-29-14-11-28/h6-7,12H,2-5,8-11,13-16H2,1H3,(H2,22,23,24)(H,25,26,27). The molecule has 4 rings (SSSR count). The summed E-state index contributed by atoms with van der Waals surface area (Å²) in [5.41, 5.74) is 0.191. The van der Waals surface area contributed by atoms with Gasteiger partial charge in [0.05, 0.1) is 19.5 Å². The Balaban J connectivity index is 1.40. The van der Waals surface area contributed by atoms with E-state index in [-0.39, 0.29) is 5.54 Å². The Morgan fingerprint density at radius 2 is 2.07 bits per heavy atom. The SMILES string of the molecule is CCNC(=NCc1nc(-c2ccco2)n[nH]1)NCC1(N2CCOCC2)CCCCC1. The minimum absolute atomic E-state index is 0.191. The van der Waals surface area contributed by atoms with E-state index in [9.17, 15) is 0 Å². The molecule has 0 amide bonds. The first kappa shape index (κ1) is 20.9. The number of aromatic nitrogens is 3. The lowest BCUT2D eigenvalue weighted by atomic mass is 9.80. The van der Waals surface area contributed by atoms with Gasteiger partial charge in [0, 0.05) is 31.7 Å². The van der Waals surface area contributed by atoms with Crippen molar-refractivity contribution in [3.63, 3.8) is 0 Å². The average molecular weight is 416 g/mol. The minimum Gasteiger partial charge on any atom is -0.461 e. The highest BCUT2D eigenvalue weighted by atomic mass is 16.5. The van der Waals surface area contributed by atoms with Crippen LogP contribution in [-0.2, 0) is 11.3 Å². The predicted octanol–water partition coefficient (Wildman–Crippen LogP) is 2.15. The number of guanidine groups is 1. The van der Waals surface area contributed by atoms with Crippen LogP contribution in [0.5, 0.6) is 0 Å². The van der Waals surface area contributed by atoms with Crippen LogP contribution in [0, 0.1) is 0 Å². The van der Waals surface area contributed by atoms with Crippen LogP contribution in [0.15, 0.2) is 27.8 Å². The number of aliphatic imine (C=N–C) groups is 1. The number of furan rings is 1. The molecule has 2 aromatic rings. The number of H-pyrrole nitrogens is 1. The van der Waals surface area contributed by atoms with E-state index in [1.807, 2.05) is 12.1 Å². The highest BCUT2D eigenvalue weighted by Crippen LogP contribution is 2.33. The van der Waals surface area contributed by atoms with Crippen LogP contribution in [0.3, 0.4) is 0 Å². The lowest BCUT2D eigenvalue weighted by molar-refractivity contribution is -0.0352. The van der Waals surface area contributed by atoms with Crippen LogP contribution in [-0.4, -0.2) is 71.0 Å². The van der Waals surface area contributed by atoms with Gasteiger partial charge in [-0.15, -0.1) is 5.10 Å². The smallest absolute Gasteiger partial charge is 0.216 e. The molecule has 1 aliphatic carbocycles. The quantitative estimate of drug-likeness (QED) is 0.470. The molecule has 2 aromatic heterocycles.